The quantitative estimate of drug-likeness (QED) is 0.563. The second-order valence-electron chi connectivity index (χ2n) is 5.93. The molecule has 1 unspecified atom stereocenters. The molecule has 0 saturated heterocycles. The predicted molar refractivity (Wildman–Crippen MR) is 91.7 cm³/mol. The van der Waals surface area contributed by atoms with Crippen LogP contribution in [0.4, 0.5) is 0 Å². The Kier molecular flexibility index (Phi) is 3.98. The number of hydrogen-bond donors (Lipinski definition) is 0. The normalized spacial score (nSPS) is 17.2. The molecular weight excluding hydrogens is 371 g/mol. The van der Waals surface area contributed by atoms with Gasteiger partial charge in [-0.15, -0.1) is 11.6 Å². The van der Waals surface area contributed by atoms with Crippen molar-refractivity contribution in [1.82, 2.24) is 0 Å². The molecule has 0 spiro atoms. The van der Waals surface area contributed by atoms with Crippen molar-refractivity contribution in [2.75, 3.05) is 0 Å². The van der Waals surface area contributed by atoms with E-state index in [1.807, 2.05) is 30.3 Å². The topological polar surface area (TPSA) is 9.23 Å². The van der Waals surface area contributed by atoms with Gasteiger partial charge in [0.05, 0.1) is 5.38 Å². The van der Waals surface area contributed by atoms with Crippen molar-refractivity contribution in [2.24, 2.45) is 0 Å². The molecule has 0 radical (unpaired) electrons. The summed E-state index contributed by atoms with van der Waals surface area (Å²) in [5, 5.41) is 0.476. The summed E-state index contributed by atoms with van der Waals surface area (Å²) in [5.74, 6) is 0.961. The summed E-state index contributed by atoms with van der Waals surface area (Å²) >= 11 is 16.2. The number of fused-ring (bicyclic) bond motifs is 1. The van der Waals surface area contributed by atoms with Gasteiger partial charge in [-0.1, -0.05) is 45.7 Å². The van der Waals surface area contributed by atoms with Crippen LogP contribution in [0.1, 0.15) is 35.9 Å². The van der Waals surface area contributed by atoms with Crippen molar-refractivity contribution in [3.63, 3.8) is 0 Å². The Hall–Kier alpha value is -0.700. The van der Waals surface area contributed by atoms with Crippen LogP contribution in [0.5, 0.6) is 5.75 Å². The molecule has 2 aromatic carbocycles. The lowest BCUT2D eigenvalue weighted by molar-refractivity contribution is 0.138. The Balaban J connectivity index is 1.95. The zero-order valence-corrected chi connectivity index (χ0v) is 14.9. The fourth-order valence-corrected chi connectivity index (χ4v) is 4.04. The molecule has 1 atom stereocenters. The molecule has 0 fully saturated rings. The first-order chi connectivity index (χ1) is 9.85. The lowest BCUT2D eigenvalue weighted by Crippen LogP contribution is -2.24. The Morgan fingerprint density at radius 1 is 1.19 bits per heavy atom. The average molecular weight is 386 g/mol. The van der Waals surface area contributed by atoms with Crippen LogP contribution in [0.25, 0.3) is 0 Å². The molecule has 0 N–H and O–H groups in total. The molecule has 3 rings (SSSR count). The Labute approximate surface area is 143 Å². The van der Waals surface area contributed by atoms with Gasteiger partial charge in [-0.3, -0.25) is 0 Å². The van der Waals surface area contributed by atoms with Crippen molar-refractivity contribution in [2.45, 2.75) is 31.2 Å². The van der Waals surface area contributed by atoms with Gasteiger partial charge < -0.3 is 4.74 Å². The van der Waals surface area contributed by atoms with E-state index in [-0.39, 0.29) is 11.0 Å². The third kappa shape index (κ3) is 3.08. The molecule has 0 amide bonds. The van der Waals surface area contributed by atoms with E-state index in [2.05, 4.69) is 35.8 Å². The summed E-state index contributed by atoms with van der Waals surface area (Å²) in [6.45, 7) is 4.20. The molecule has 0 saturated carbocycles. The Morgan fingerprint density at radius 2 is 1.95 bits per heavy atom. The highest BCUT2D eigenvalue weighted by Gasteiger charge is 2.30. The summed E-state index contributed by atoms with van der Waals surface area (Å²) in [6.07, 6.45) is 0.904. The van der Waals surface area contributed by atoms with Gasteiger partial charge in [0.15, 0.2) is 0 Å². The number of alkyl halides is 1. The minimum Gasteiger partial charge on any atom is -0.487 e. The summed E-state index contributed by atoms with van der Waals surface area (Å²) in [4.78, 5) is 0. The largest absolute Gasteiger partial charge is 0.487 e. The first kappa shape index (κ1) is 15.2. The van der Waals surface area contributed by atoms with Crippen LogP contribution in [0.3, 0.4) is 0 Å². The predicted octanol–water partition coefficient (Wildman–Crippen LogP) is 6.14. The number of benzene rings is 2. The third-order valence-electron chi connectivity index (χ3n) is 3.62. The van der Waals surface area contributed by atoms with Gasteiger partial charge in [0, 0.05) is 15.9 Å². The van der Waals surface area contributed by atoms with E-state index in [0.717, 1.165) is 27.8 Å². The van der Waals surface area contributed by atoms with E-state index < -0.39 is 0 Å². The van der Waals surface area contributed by atoms with Gasteiger partial charge in [0.25, 0.3) is 0 Å². The minimum absolute atomic E-state index is 0.135. The van der Waals surface area contributed by atoms with E-state index in [1.54, 1.807) is 0 Å². The highest BCUT2D eigenvalue weighted by molar-refractivity contribution is 9.10. The zero-order valence-electron chi connectivity index (χ0n) is 11.8. The molecule has 1 aliphatic rings. The summed E-state index contributed by atoms with van der Waals surface area (Å²) in [6, 6.07) is 11.9. The molecule has 21 heavy (non-hydrogen) atoms. The standard InChI is InChI=1S/C17H15BrCl2O/c1-17(2)9-11-7-10(3-6-15(11)21-17)16(20)13-5-4-12(19)8-14(13)18/h3-8,16H,9H2,1-2H3. The summed E-state index contributed by atoms with van der Waals surface area (Å²) in [5.41, 5.74) is 3.16. The zero-order chi connectivity index (χ0) is 15.2. The van der Waals surface area contributed by atoms with Crippen LogP contribution in [0.2, 0.25) is 5.02 Å². The lowest BCUT2D eigenvalue weighted by Gasteiger charge is -2.16. The maximum absolute atomic E-state index is 6.65. The van der Waals surface area contributed by atoms with Crippen LogP contribution in [0, 0.1) is 0 Å². The van der Waals surface area contributed by atoms with Gasteiger partial charge in [-0.25, -0.2) is 0 Å². The first-order valence-electron chi connectivity index (χ1n) is 6.76. The molecular formula is C17H15BrCl2O. The van der Waals surface area contributed by atoms with Crippen LogP contribution in [-0.2, 0) is 6.42 Å². The molecule has 0 bridgehead atoms. The maximum atomic E-state index is 6.65. The molecule has 1 nitrogen and oxygen atoms in total. The van der Waals surface area contributed by atoms with Crippen molar-refractivity contribution < 1.29 is 4.74 Å². The Bertz CT molecular complexity index is 697. The summed E-state index contributed by atoms with van der Waals surface area (Å²) in [7, 11) is 0. The first-order valence-corrected chi connectivity index (χ1v) is 8.37. The highest BCUT2D eigenvalue weighted by atomic mass is 79.9. The van der Waals surface area contributed by atoms with Gasteiger partial charge in [0.2, 0.25) is 0 Å². The lowest BCUT2D eigenvalue weighted by atomic mass is 9.97. The molecule has 1 heterocycles. The monoisotopic (exact) mass is 384 g/mol. The van der Waals surface area contributed by atoms with Gasteiger partial charge in [0.1, 0.15) is 11.4 Å². The van der Waals surface area contributed by atoms with Crippen molar-refractivity contribution in [1.29, 1.82) is 0 Å². The summed E-state index contributed by atoms with van der Waals surface area (Å²) < 4.78 is 6.83. The molecule has 4 heteroatoms. The average Bonchev–Trinajstić information content (AvgIpc) is 2.70. The van der Waals surface area contributed by atoms with Crippen molar-refractivity contribution in [3.05, 3.63) is 62.6 Å². The number of halogens is 3. The van der Waals surface area contributed by atoms with E-state index in [9.17, 15) is 0 Å². The van der Waals surface area contributed by atoms with E-state index in [1.165, 1.54) is 5.56 Å². The fraction of sp³-hybridized carbons (Fsp3) is 0.294. The van der Waals surface area contributed by atoms with Crippen molar-refractivity contribution >= 4 is 39.1 Å². The van der Waals surface area contributed by atoms with Crippen LogP contribution in [-0.4, -0.2) is 5.60 Å². The number of hydrogen-bond acceptors (Lipinski definition) is 1. The maximum Gasteiger partial charge on any atom is 0.123 e. The second kappa shape index (κ2) is 5.49. The van der Waals surface area contributed by atoms with E-state index in [4.69, 9.17) is 27.9 Å². The van der Waals surface area contributed by atoms with Gasteiger partial charge in [-0.2, -0.15) is 0 Å². The Morgan fingerprint density at radius 3 is 2.67 bits per heavy atom. The van der Waals surface area contributed by atoms with Crippen molar-refractivity contribution in [3.8, 4) is 5.75 Å². The second-order valence-corrected chi connectivity index (χ2v) is 7.66. The third-order valence-corrected chi connectivity index (χ3v) is 5.02. The smallest absolute Gasteiger partial charge is 0.123 e. The fourth-order valence-electron chi connectivity index (χ4n) is 2.67. The van der Waals surface area contributed by atoms with Gasteiger partial charge in [-0.05, 0) is 48.7 Å². The van der Waals surface area contributed by atoms with Crippen LogP contribution >= 0.6 is 39.1 Å². The van der Waals surface area contributed by atoms with E-state index >= 15 is 0 Å². The SMILES string of the molecule is CC1(C)Cc2cc(C(Cl)c3ccc(Cl)cc3Br)ccc2O1. The number of rotatable bonds is 2. The van der Waals surface area contributed by atoms with E-state index in [0.29, 0.717) is 5.02 Å². The molecule has 0 aliphatic carbocycles. The van der Waals surface area contributed by atoms with Gasteiger partial charge >= 0.3 is 0 Å². The minimum atomic E-state index is -0.217. The number of ether oxygens (including phenoxy) is 1. The molecule has 0 aromatic heterocycles. The molecule has 110 valence electrons. The highest BCUT2D eigenvalue weighted by Crippen LogP contribution is 2.40. The molecule has 2 aromatic rings. The molecule has 1 aliphatic heterocycles. The van der Waals surface area contributed by atoms with Crippen LogP contribution in [0.15, 0.2) is 40.9 Å². The van der Waals surface area contributed by atoms with Crippen LogP contribution < -0.4 is 4.74 Å².